The molecule has 1 aromatic rings. The summed E-state index contributed by atoms with van der Waals surface area (Å²) in [7, 11) is 0. The monoisotopic (exact) mass is 304 g/mol. The summed E-state index contributed by atoms with van der Waals surface area (Å²) in [4.78, 5) is 5.37. The molecule has 1 saturated carbocycles. The zero-order chi connectivity index (χ0) is 15.9. The number of rotatable bonds is 5. The van der Waals surface area contributed by atoms with Crippen LogP contribution in [0.2, 0.25) is 0 Å². The summed E-state index contributed by atoms with van der Waals surface area (Å²) >= 11 is 0. The highest BCUT2D eigenvalue weighted by atomic mass is 16.5. The lowest BCUT2D eigenvalue weighted by atomic mass is 9.84. The van der Waals surface area contributed by atoms with Crippen LogP contribution >= 0.6 is 0 Å². The highest BCUT2D eigenvalue weighted by molar-refractivity contribution is 5.13. The Balaban J connectivity index is 2.12. The smallest absolute Gasteiger partial charge is 0.107 e. The van der Waals surface area contributed by atoms with Gasteiger partial charge in [-0.1, -0.05) is 40.6 Å². The molecule has 1 fully saturated rings. The third-order valence-electron chi connectivity index (χ3n) is 3.63. The summed E-state index contributed by atoms with van der Waals surface area (Å²) in [5, 5.41) is 27.2. The van der Waals surface area contributed by atoms with E-state index < -0.39 is 30.4 Å². The molecule has 9 heteroatoms. The Hall–Kier alpha value is -2.28. The molecule has 22 heavy (non-hydrogen) atoms. The Bertz CT molecular complexity index is 585. The van der Waals surface area contributed by atoms with Crippen molar-refractivity contribution in [2.75, 3.05) is 0 Å². The zero-order valence-corrected chi connectivity index (χ0v) is 11.7. The van der Waals surface area contributed by atoms with Crippen LogP contribution < -0.4 is 0 Å². The van der Waals surface area contributed by atoms with Crippen LogP contribution in [0.4, 0.5) is 0 Å². The van der Waals surface area contributed by atoms with Crippen molar-refractivity contribution in [3.05, 3.63) is 56.8 Å². The fraction of sp³-hybridized carbons (Fsp3) is 0.538. The minimum atomic E-state index is -1.30. The third-order valence-corrected chi connectivity index (χ3v) is 3.63. The Morgan fingerprint density at radius 2 is 1.68 bits per heavy atom. The fourth-order valence-electron chi connectivity index (χ4n) is 2.51. The molecule has 2 rings (SSSR count). The molecule has 116 valence electrons. The molecule has 2 N–H and O–H groups in total. The zero-order valence-electron chi connectivity index (χ0n) is 11.7. The van der Waals surface area contributed by atoms with Crippen molar-refractivity contribution in [2.24, 2.45) is 10.2 Å². The number of nitrogens with zero attached hydrogens (tertiary/aromatic N) is 6. The van der Waals surface area contributed by atoms with Crippen LogP contribution in [0.3, 0.4) is 0 Å². The van der Waals surface area contributed by atoms with E-state index in [1.165, 1.54) is 0 Å². The van der Waals surface area contributed by atoms with Crippen molar-refractivity contribution < 1.29 is 14.9 Å². The summed E-state index contributed by atoms with van der Waals surface area (Å²) in [5.74, 6) is 0. The normalized spacial score (nSPS) is 30.9. The standard InChI is InChI=1S/C13H16N6O3/c14-18-16-9-6-10(17-19-15)13(12(21)11(9)20)22-7-8-4-2-1-3-5-8/h1-5,9-13,20-21H,6-7H2/t9-,10-,11+,12+,13+/m1/s1. The molecule has 0 heterocycles. The average Bonchev–Trinajstić information content (AvgIpc) is 2.53. The largest absolute Gasteiger partial charge is 0.390 e. The quantitative estimate of drug-likeness (QED) is 0.487. The summed E-state index contributed by atoms with van der Waals surface area (Å²) < 4.78 is 5.63. The number of aliphatic hydroxyl groups excluding tert-OH is 2. The summed E-state index contributed by atoms with van der Waals surface area (Å²) in [6.07, 6.45) is -3.31. The Morgan fingerprint density at radius 3 is 2.32 bits per heavy atom. The Kier molecular flexibility index (Phi) is 5.60. The van der Waals surface area contributed by atoms with Gasteiger partial charge in [0, 0.05) is 9.82 Å². The first-order valence-corrected chi connectivity index (χ1v) is 6.77. The van der Waals surface area contributed by atoms with E-state index in [1.807, 2.05) is 30.3 Å². The fourth-order valence-corrected chi connectivity index (χ4v) is 2.51. The van der Waals surface area contributed by atoms with E-state index >= 15 is 0 Å². The number of hydrogen-bond acceptors (Lipinski definition) is 5. The number of hydrogen-bond donors (Lipinski definition) is 2. The van der Waals surface area contributed by atoms with Gasteiger partial charge in [-0.3, -0.25) is 0 Å². The van der Waals surface area contributed by atoms with Crippen LogP contribution in [-0.4, -0.2) is 40.6 Å². The summed E-state index contributed by atoms with van der Waals surface area (Å²) in [5.41, 5.74) is 18.0. The van der Waals surface area contributed by atoms with Gasteiger partial charge in [-0.05, 0) is 23.0 Å². The lowest BCUT2D eigenvalue weighted by Crippen LogP contribution is -2.55. The van der Waals surface area contributed by atoms with E-state index in [9.17, 15) is 10.2 Å². The molecular weight excluding hydrogens is 288 g/mol. The first-order valence-electron chi connectivity index (χ1n) is 6.77. The Morgan fingerprint density at radius 1 is 1.05 bits per heavy atom. The Labute approximate surface area is 126 Å². The molecule has 1 aromatic carbocycles. The molecule has 0 amide bonds. The molecule has 1 aliphatic rings. The second-order valence-electron chi connectivity index (χ2n) is 5.02. The third kappa shape index (κ3) is 3.67. The van der Waals surface area contributed by atoms with E-state index in [2.05, 4.69) is 20.1 Å². The van der Waals surface area contributed by atoms with Crippen molar-refractivity contribution in [3.63, 3.8) is 0 Å². The highest BCUT2D eigenvalue weighted by Crippen LogP contribution is 2.28. The minimum Gasteiger partial charge on any atom is -0.390 e. The van der Waals surface area contributed by atoms with Gasteiger partial charge in [-0.25, -0.2) is 0 Å². The van der Waals surface area contributed by atoms with Crippen LogP contribution in [0.15, 0.2) is 40.6 Å². The van der Waals surface area contributed by atoms with Crippen molar-refractivity contribution >= 4 is 0 Å². The molecule has 0 aromatic heterocycles. The molecule has 9 nitrogen and oxygen atoms in total. The van der Waals surface area contributed by atoms with Gasteiger partial charge in [0.25, 0.3) is 0 Å². The first kappa shape index (κ1) is 16.1. The van der Waals surface area contributed by atoms with Gasteiger partial charge in [0.2, 0.25) is 0 Å². The first-order chi connectivity index (χ1) is 10.7. The van der Waals surface area contributed by atoms with Gasteiger partial charge in [0.05, 0.1) is 30.9 Å². The number of benzene rings is 1. The molecule has 0 radical (unpaired) electrons. The second kappa shape index (κ2) is 7.65. The molecule has 0 aliphatic heterocycles. The SMILES string of the molecule is [N-]=[N+]=N[C@@H]1C[C@@H](N=[N+]=[N-])[C@H](OCc2ccccc2)[C@@H](O)[C@H]1O. The van der Waals surface area contributed by atoms with Crippen LogP contribution in [0.25, 0.3) is 20.9 Å². The van der Waals surface area contributed by atoms with Gasteiger partial charge < -0.3 is 14.9 Å². The van der Waals surface area contributed by atoms with Crippen molar-refractivity contribution in [3.8, 4) is 0 Å². The van der Waals surface area contributed by atoms with Crippen LogP contribution in [0.5, 0.6) is 0 Å². The van der Waals surface area contributed by atoms with Crippen LogP contribution in [0, 0.1) is 0 Å². The van der Waals surface area contributed by atoms with Crippen molar-refractivity contribution in [2.45, 2.75) is 43.4 Å². The predicted molar refractivity (Wildman–Crippen MR) is 77.5 cm³/mol. The maximum absolute atomic E-state index is 10.2. The van der Waals surface area contributed by atoms with E-state index in [-0.39, 0.29) is 13.0 Å². The number of ether oxygens (including phenoxy) is 1. The topological polar surface area (TPSA) is 147 Å². The molecular formula is C13H16N6O3. The van der Waals surface area contributed by atoms with E-state index in [1.54, 1.807) is 0 Å². The molecule has 1 aliphatic carbocycles. The lowest BCUT2D eigenvalue weighted by molar-refractivity contribution is -0.131. The van der Waals surface area contributed by atoms with Gasteiger partial charge in [0.1, 0.15) is 6.10 Å². The van der Waals surface area contributed by atoms with Gasteiger partial charge in [-0.2, -0.15) is 0 Å². The molecule has 0 spiro atoms. The van der Waals surface area contributed by atoms with Crippen LogP contribution in [0.1, 0.15) is 12.0 Å². The lowest BCUT2D eigenvalue weighted by Gasteiger charge is -2.39. The predicted octanol–water partition coefficient (Wildman–Crippen LogP) is 2.06. The van der Waals surface area contributed by atoms with Gasteiger partial charge in [0.15, 0.2) is 0 Å². The molecule has 0 saturated heterocycles. The van der Waals surface area contributed by atoms with E-state index in [0.717, 1.165) is 5.56 Å². The number of aliphatic hydroxyl groups is 2. The summed E-state index contributed by atoms with van der Waals surface area (Å²) in [6.45, 7) is 0.207. The molecule has 0 unspecified atom stereocenters. The maximum Gasteiger partial charge on any atom is 0.107 e. The maximum atomic E-state index is 10.2. The van der Waals surface area contributed by atoms with E-state index in [4.69, 9.17) is 15.8 Å². The van der Waals surface area contributed by atoms with Crippen molar-refractivity contribution in [1.29, 1.82) is 0 Å². The average molecular weight is 304 g/mol. The van der Waals surface area contributed by atoms with Crippen LogP contribution in [-0.2, 0) is 11.3 Å². The number of azide groups is 2. The second-order valence-corrected chi connectivity index (χ2v) is 5.02. The molecule has 0 bridgehead atoms. The van der Waals surface area contributed by atoms with Gasteiger partial charge in [-0.15, -0.1) is 0 Å². The summed E-state index contributed by atoms with van der Waals surface area (Å²) in [6, 6.07) is 7.72. The minimum absolute atomic E-state index is 0.117. The highest BCUT2D eigenvalue weighted by Gasteiger charge is 2.43. The van der Waals surface area contributed by atoms with Crippen molar-refractivity contribution in [1.82, 2.24) is 0 Å². The van der Waals surface area contributed by atoms with E-state index in [0.29, 0.717) is 0 Å². The van der Waals surface area contributed by atoms with Gasteiger partial charge >= 0.3 is 0 Å². The molecule has 5 atom stereocenters.